The van der Waals surface area contributed by atoms with Crippen LogP contribution < -0.4 is 4.74 Å². The summed E-state index contributed by atoms with van der Waals surface area (Å²) in [6.45, 7) is 2.97. The van der Waals surface area contributed by atoms with E-state index < -0.39 is 5.97 Å². The zero-order chi connectivity index (χ0) is 20.9. The number of rotatable bonds is 8. The number of nitrogens with zero attached hydrogens (tertiary/aromatic N) is 2. The third kappa shape index (κ3) is 4.86. The number of ether oxygens (including phenoxy) is 1. The Hall–Kier alpha value is -2.77. The van der Waals surface area contributed by atoms with E-state index in [9.17, 15) is 9.90 Å². The van der Waals surface area contributed by atoms with Crippen LogP contribution in [0.3, 0.4) is 0 Å². The lowest BCUT2D eigenvalue weighted by Crippen LogP contribution is -2.38. The van der Waals surface area contributed by atoms with Crippen LogP contribution in [0.15, 0.2) is 59.0 Å². The molecule has 1 fully saturated rings. The van der Waals surface area contributed by atoms with E-state index in [4.69, 9.17) is 9.15 Å². The number of benzene rings is 2. The van der Waals surface area contributed by atoms with Crippen molar-refractivity contribution in [2.45, 2.75) is 26.0 Å². The van der Waals surface area contributed by atoms with Crippen molar-refractivity contribution in [3.8, 4) is 17.2 Å². The summed E-state index contributed by atoms with van der Waals surface area (Å²) in [6.07, 6.45) is 0.813. The third-order valence-corrected chi connectivity index (χ3v) is 6.22. The van der Waals surface area contributed by atoms with Gasteiger partial charge in [0, 0.05) is 23.7 Å². The molecule has 2 aromatic carbocycles. The van der Waals surface area contributed by atoms with E-state index in [0.717, 1.165) is 47.2 Å². The van der Waals surface area contributed by atoms with E-state index in [-0.39, 0.29) is 6.04 Å². The first kappa shape index (κ1) is 20.5. The molecule has 0 spiro atoms. The highest BCUT2D eigenvalue weighted by molar-refractivity contribution is 7.99. The molecule has 1 atom stereocenters. The normalized spacial score (nSPS) is 16.6. The van der Waals surface area contributed by atoms with Gasteiger partial charge in [0.05, 0.1) is 0 Å². The van der Waals surface area contributed by atoms with Crippen molar-refractivity contribution in [2.75, 3.05) is 18.2 Å². The Labute approximate surface area is 179 Å². The summed E-state index contributed by atoms with van der Waals surface area (Å²) in [7, 11) is 0. The predicted octanol–water partition coefficient (Wildman–Crippen LogP) is 4.23. The topological polar surface area (TPSA) is 75.8 Å². The number of oxazole rings is 1. The molecular weight excluding hydrogens is 400 g/mol. The van der Waals surface area contributed by atoms with Gasteiger partial charge in [-0.05, 0) is 43.2 Å². The van der Waals surface area contributed by atoms with E-state index in [0.29, 0.717) is 18.3 Å². The molecule has 0 amide bonds. The molecule has 1 aromatic heterocycles. The second-order valence-corrected chi connectivity index (χ2v) is 8.24. The smallest absolute Gasteiger partial charge is 0.321 e. The lowest BCUT2D eigenvalue weighted by molar-refractivity contribution is -0.141. The fourth-order valence-corrected chi connectivity index (χ4v) is 4.59. The maximum absolute atomic E-state index is 11.3. The number of carboxylic acids is 1. The first-order valence-corrected chi connectivity index (χ1v) is 11.0. The lowest BCUT2D eigenvalue weighted by Gasteiger charge is -2.19. The van der Waals surface area contributed by atoms with Crippen LogP contribution in [0, 0.1) is 6.92 Å². The van der Waals surface area contributed by atoms with E-state index >= 15 is 0 Å². The first-order chi connectivity index (χ1) is 14.6. The highest BCUT2D eigenvalue weighted by Gasteiger charge is 2.30. The molecule has 0 radical (unpaired) electrons. The number of aromatic nitrogens is 1. The zero-order valence-corrected chi connectivity index (χ0v) is 17.6. The van der Waals surface area contributed by atoms with Crippen LogP contribution in [0.1, 0.15) is 17.0 Å². The van der Waals surface area contributed by atoms with Gasteiger partial charge in [-0.2, -0.15) is 0 Å². The Morgan fingerprint density at radius 1 is 1.23 bits per heavy atom. The van der Waals surface area contributed by atoms with Crippen LogP contribution >= 0.6 is 11.8 Å². The number of hydrogen-bond acceptors (Lipinski definition) is 6. The van der Waals surface area contributed by atoms with Crippen molar-refractivity contribution < 1.29 is 19.1 Å². The van der Waals surface area contributed by atoms with Gasteiger partial charge in [0.25, 0.3) is 0 Å². The minimum atomic E-state index is -0.734. The molecule has 1 aliphatic heterocycles. The van der Waals surface area contributed by atoms with Gasteiger partial charge in [0.1, 0.15) is 29.9 Å². The summed E-state index contributed by atoms with van der Waals surface area (Å²) in [4.78, 5) is 17.9. The van der Waals surface area contributed by atoms with Crippen LogP contribution in [-0.4, -0.2) is 45.2 Å². The molecule has 3 aromatic rings. The SMILES string of the molecule is Cc1oc(-c2ccccc2)nc1COc1ccc(CCN2CSCC2C(=O)O)cc1. The molecule has 1 saturated heterocycles. The molecule has 1 unspecified atom stereocenters. The van der Waals surface area contributed by atoms with Crippen molar-refractivity contribution in [3.63, 3.8) is 0 Å². The van der Waals surface area contributed by atoms with Crippen molar-refractivity contribution in [1.29, 1.82) is 0 Å². The highest BCUT2D eigenvalue weighted by Crippen LogP contribution is 2.24. The Kier molecular flexibility index (Phi) is 6.40. The molecule has 1 N–H and O–H groups in total. The summed E-state index contributed by atoms with van der Waals surface area (Å²) < 4.78 is 11.7. The number of carbonyl (C=O) groups is 1. The fourth-order valence-electron chi connectivity index (χ4n) is 3.37. The van der Waals surface area contributed by atoms with Gasteiger partial charge >= 0.3 is 5.97 Å². The van der Waals surface area contributed by atoms with E-state index in [1.807, 2.05) is 66.4 Å². The molecule has 0 bridgehead atoms. The second kappa shape index (κ2) is 9.36. The number of thioether (sulfide) groups is 1. The van der Waals surface area contributed by atoms with Crippen LogP contribution in [0.4, 0.5) is 0 Å². The zero-order valence-electron chi connectivity index (χ0n) is 16.8. The number of carboxylic acid groups (broad SMARTS) is 1. The molecule has 4 rings (SSSR count). The fraction of sp³-hybridized carbons (Fsp3) is 0.304. The van der Waals surface area contributed by atoms with Gasteiger partial charge in [0.15, 0.2) is 0 Å². The second-order valence-electron chi connectivity index (χ2n) is 7.24. The Morgan fingerprint density at radius 3 is 2.73 bits per heavy atom. The quantitative estimate of drug-likeness (QED) is 0.580. The van der Waals surface area contributed by atoms with E-state index in [2.05, 4.69) is 4.98 Å². The van der Waals surface area contributed by atoms with Crippen LogP contribution in [0.2, 0.25) is 0 Å². The number of aryl methyl sites for hydroxylation is 1. The average molecular weight is 425 g/mol. The average Bonchev–Trinajstić information content (AvgIpc) is 3.39. The van der Waals surface area contributed by atoms with Gasteiger partial charge in [0.2, 0.25) is 5.89 Å². The molecule has 2 heterocycles. The molecule has 0 saturated carbocycles. The summed E-state index contributed by atoms with van der Waals surface area (Å²) >= 11 is 1.67. The Morgan fingerprint density at radius 2 is 2.00 bits per heavy atom. The summed E-state index contributed by atoms with van der Waals surface area (Å²) in [6, 6.07) is 17.4. The van der Waals surface area contributed by atoms with Gasteiger partial charge in [-0.3, -0.25) is 9.69 Å². The molecule has 156 valence electrons. The monoisotopic (exact) mass is 424 g/mol. The summed E-state index contributed by atoms with van der Waals surface area (Å²) in [5.41, 5.74) is 2.88. The lowest BCUT2D eigenvalue weighted by atomic mass is 10.1. The molecular formula is C23H24N2O4S. The van der Waals surface area contributed by atoms with Crippen LogP contribution in [0.25, 0.3) is 11.5 Å². The van der Waals surface area contributed by atoms with Gasteiger partial charge in [-0.25, -0.2) is 4.98 Å². The van der Waals surface area contributed by atoms with Crippen molar-refractivity contribution in [1.82, 2.24) is 9.88 Å². The van der Waals surface area contributed by atoms with Gasteiger partial charge < -0.3 is 14.3 Å². The summed E-state index contributed by atoms with van der Waals surface area (Å²) in [5.74, 6) is 2.82. The van der Waals surface area contributed by atoms with Crippen molar-refractivity contribution >= 4 is 17.7 Å². The maximum Gasteiger partial charge on any atom is 0.321 e. The molecule has 6 nitrogen and oxygen atoms in total. The minimum absolute atomic E-state index is 0.340. The standard InChI is InChI=1S/C23H24N2O4S/c1-16-20(24-22(29-16)18-5-3-2-4-6-18)13-28-19-9-7-17(8-10-19)11-12-25-15-30-14-21(25)23(26)27/h2-10,21H,11-15H2,1H3,(H,26,27). The third-order valence-electron chi connectivity index (χ3n) is 5.16. The van der Waals surface area contributed by atoms with Crippen LogP contribution in [0.5, 0.6) is 5.75 Å². The number of hydrogen-bond donors (Lipinski definition) is 1. The van der Waals surface area contributed by atoms with Gasteiger partial charge in [-0.15, -0.1) is 11.8 Å². The van der Waals surface area contributed by atoms with E-state index in [1.54, 1.807) is 11.8 Å². The summed E-state index contributed by atoms with van der Waals surface area (Å²) in [5, 5.41) is 9.27. The molecule has 7 heteroatoms. The minimum Gasteiger partial charge on any atom is -0.487 e. The highest BCUT2D eigenvalue weighted by atomic mass is 32.2. The Bertz CT molecular complexity index is 988. The van der Waals surface area contributed by atoms with E-state index in [1.165, 1.54) is 0 Å². The van der Waals surface area contributed by atoms with Crippen molar-refractivity contribution in [3.05, 3.63) is 71.6 Å². The predicted molar refractivity (Wildman–Crippen MR) is 117 cm³/mol. The number of aliphatic carboxylic acids is 1. The first-order valence-electron chi connectivity index (χ1n) is 9.88. The van der Waals surface area contributed by atoms with Gasteiger partial charge in [-0.1, -0.05) is 30.3 Å². The maximum atomic E-state index is 11.3. The Balaban J connectivity index is 1.31. The largest absolute Gasteiger partial charge is 0.487 e. The molecule has 0 aliphatic carbocycles. The van der Waals surface area contributed by atoms with Crippen LogP contribution in [-0.2, 0) is 17.8 Å². The molecule has 1 aliphatic rings. The molecule has 30 heavy (non-hydrogen) atoms. The van der Waals surface area contributed by atoms with Crippen molar-refractivity contribution in [2.24, 2.45) is 0 Å².